The molecule has 1 aromatic rings. The van der Waals surface area contributed by atoms with E-state index in [2.05, 4.69) is 28.1 Å². The molecule has 0 saturated heterocycles. The van der Waals surface area contributed by atoms with E-state index in [0.717, 1.165) is 24.1 Å². The maximum atomic E-state index is 5.64. The Labute approximate surface area is 92.3 Å². The normalized spacial score (nSPS) is 20.3. The Morgan fingerprint density at radius 2 is 2.43 bits per heavy atom. The summed E-state index contributed by atoms with van der Waals surface area (Å²) in [5, 5.41) is 0.854. The summed E-state index contributed by atoms with van der Waals surface area (Å²) in [5.74, 6) is 0.930. The highest BCUT2D eigenvalue weighted by molar-refractivity contribution is 9.09. The lowest BCUT2D eigenvalue weighted by atomic mass is 9.98. The van der Waals surface area contributed by atoms with Crippen molar-refractivity contribution in [3.8, 4) is 5.75 Å². The molecule has 1 aromatic carbocycles. The lowest BCUT2D eigenvalue weighted by molar-refractivity contribution is 0.0595. The van der Waals surface area contributed by atoms with E-state index in [9.17, 15) is 0 Å². The molecule has 0 radical (unpaired) electrons. The molecule has 1 atom stereocenters. The van der Waals surface area contributed by atoms with E-state index in [1.165, 1.54) is 11.1 Å². The smallest absolute Gasteiger partial charge is 0.119 e. The first-order valence-electron chi connectivity index (χ1n) is 4.69. The number of rotatable bonds is 2. The summed E-state index contributed by atoms with van der Waals surface area (Å²) in [6.45, 7) is 0.802. The second-order valence-electron chi connectivity index (χ2n) is 3.33. The van der Waals surface area contributed by atoms with Crippen LogP contribution < -0.4 is 4.74 Å². The third kappa shape index (κ3) is 1.79. The van der Waals surface area contributed by atoms with Crippen LogP contribution in [0.2, 0.25) is 0 Å². The van der Waals surface area contributed by atoms with Crippen molar-refractivity contribution in [1.29, 1.82) is 0 Å². The molecule has 0 fully saturated rings. The monoisotopic (exact) mass is 256 g/mol. The molecule has 1 unspecified atom stereocenters. The Morgan fingerprint density at radius 1 is 1.57 bits per heavy atom. The minimum Gasteiger partial charge on any atom is -0.497 e. The van der Waals surface area contributed by atoms with Crippen LogP contribution in [0.5, 0.6) is 5.75 Å². The number of hydrogen-bond acceptors (Lipinski definition) is 2. The minimum atomic E-state index is 0.199. The van der Waals surface area contributed by atoms with Gasteiger partial charge in [-0.05, 0) is 29.7 Å². The number of hydrogen-bond donors (Lipinski definition) is 0. The fraction of sp³-hybridized carbons (Fsp3) is 0.455. The van der Waals surface area contributed by atoms with E-state index in [1.807, 2.05) is 6.07 Å². The minimum absolute atomic E-state index is 0.199. The van der Waals surface area contributed by atoms with Crippen LogP contribution in [-0.4, -0.2) is 19.0 Å². The summed E-state index contributed by atoms with van der Waals surface area (Å²) in [6.07, 6.45) is 1.18. The quantitative estimate of drug-likeness (QED) is 0.758. The van der Waals surface area contributed by atoms with Gasteiger partial charge in [0.2, 0.25) is 0 Å². The van der Waals surface area contributed by atoms with Crippen LogP contribution in [0.4, 0.5) is 0 Å². The van der Waals surface area contributed by atoms with E-state index >= 15 is 0 Å². The van der Waals surface area contributed by atoms with E-state index in [-0.39, 0.29) is 6.10 Å². The SMILES string of the molecule is COc1ccc2c(c1)CCOC2CBr. The first kappa shape index (κ1) is 9.99. The van der Waals surface area contributed by atoms with Crippen LogP contribution in [0.15, 0.2) is 18.2 Å². The standard InChI is InChI=1S/C11H13BrO2/c1-13-9-2-3-10-8(6-9)4-5-14-11(10)7-12/h2-3,6,11H,4-5,7H2,1H3. The van der Waals surface area contributed by atoms with Gasteiger partial charge in [-0.2, -0.15) is 0 Å². The number of methoxy groups -OCH3 is 1. The first-order valence-corrected chi connectivity index (χ1v) is 5.81. The van der Waals surface area contributed by atoms with Gasteiger partial charge in [0.15, 0.2) is 0 Å². The van der Waals surface area contributed by atoms with Gasteiger partial charge in [-0.1, -0.05) is 22.0 Å². The summed E-state index contributed by atoms with van der Waals surface area (Å²) in [6, 6.07) is 6.19. The molecule has 1 aliphatic rings. The van der Waals surface area contributed by atoms with Gasteiger partial charge in [0.05, 0.1) is 19.8 Å². The molecule has 0 amide bonds. The molecule has 76 valence electrons. The molecule has 0 spiro atoms. The molecule has 0 saturated carbocycles. The Kier molecular flexibility index (Phi) is 3.08. The fourth-order valence-electron chi connectivity index (χ4n) is 1.77. The molecule has 3 heteroatoms. The van der Waals surface area contributed by atoms with Crippen molar-refractivity contribution >= 4 is 15.9 Å². The number of halogens is 1. The third-order valence-corrected chi connectivity index (χ3v) is 3.12. The summed E-state index contributed by atoms with van der Waals surface area (Å²) in [7, 11) is 1.70. The number of benzene rings is 1. The molecular formula is C11H13BrO2. The van der Waals surface area contributed by atoms with Crippen LogP contribution >= 0.6 is 15.9 Å². The molecular weight excluding hydrogens is 244 g/mol. The second-order valence-corrected chi connectivity index (χ2v) is 3.98. The highest BCUT2D eigenvalue weighted by Crippen LogP contribution is 2.30. The summed E-state index contributed by atoms with van der Waals surface area (Å²) in [5.41, 5.74) is 2.63. The predicted molar refractivity (Wildman–Crippen MR) is 59.2 cm³/mol. The maximum Gasteiger partial charge on any atom is 0.119 e. The predicted octanol–water partition coefficient (Wildman–Crippen LogP) is 2.70. The molecule has 0 aromatic heterocycles. The molecule has 2 rings (SSSR count). The lowest BCUT2D eigenvalue weighted by Crippen LogP contribution is -2.17. The lowest BCUT2D eigenvalue weighted by Gasteiger charge is -2.24. The average Bonchev–Trinajstić information content (AvgIpc) is 2.27. The Hall–Kier alpha value is -0.540. The van der Waals surface area contributed by atoms with Crippen LogP contribution in [0.3, 0.4) is 0 Å². The average molecular weight is 257 g/mol. The van der Waals surface area contributed by atoms with Gasteiger partial charge in [0.25, 0.3) is 0 Å². The third-order valence-electron chi connectivity index (χ3n) is 2.53. The van der Waals surface area contributed by atoms with Crippen molar-refractivity contribution in [3.05, 3.63) is 29.3 Å². The number of fused-ring (bicyclic) bond motifs is 1. The Bertz CT molecular complexity index is 325. The summed E-state index contributed by atoms with van der Waals surface area (Å²) in [4.78, 5) is 0. The maximum absolute atomic E-state index is 5.64. The molecule has 0 N–H and O–H groups in total. The molecule has 1 heterocycles. The van der Waals surface area contributed by atoms with Crippen molar-refractivity contribution in [2.24, 2.45) is 0 Å². The van der Waals surface area contributed by atoms with E-state index < -0.39 is 0 Å². The van der Waals surface area contributed by atoms with Gasteiger partial charge >= 0.3 is 0 Å². The second kappa shape index (κ2) is 4.32. The molecule has 14 heavy (non-hydrogen) atoms. The number of ether oxygens (including phenoxy) is 2. The van der Waals surface area contributed by atoms with Gasteiger partial charge < -0.3 is 9.47 Å². The van der Waals surface area contributed by atoms with Crippen molar-refractivity contribution in [1.82, 2.24) is 0 Å². The Morgan fingerprint density at radius 3 is 3.14 bits per heavy atom. The van der Waals surface area contributed by atoms with Gasteiger partial charge in [-0.3, -0.25) is 0 Å². The Balaban J connectivity index is 2.35. The van der Waals surface area contributed by atoms with Gasteiger partial charge in [0.1, 0.15) is 5.75 Å². The summed E-state index contributed by atoms with van der Waals surface area (Å²) < 4.78 is 10.8. The topological polar surface area (TPSA) is 18.5 Å². The van der Waals surface area contributed by atoms with Crippen LogP contribution in [0.1, 0.15) is 17.2 Å². The summed E-state index contributed by atoms with van der Waals surface area (Å²) >= 11 is 3.46. The number of alkyl halides is 1. The first-order chi connectivity index (χ1) is 6.85. The fourth-order valence-corrected chi connectivity index (χ4v) is 2.30. The van der Waals surface area contributed by atoms with Crippen molar-refractivity contribution in [3.63, 3.8) is 0 Å². The van der Waals surface area contributed by atoms with Crippen molar-refractivity contribution in [2.45, 2.75) is 12.5 Å². The van der Waals surface area contributed by atoms with Gasteiger partial charge in [-0.15, -0.1) is 0 Å². The van der Waals surface area contributed by atoms with Crippen LogP contribution in [0, 0.1) is 0 Å². The molecule has 1 aliphatic heterocycles. The van der Waals surface area contributed by atoms with E-state index in [1.54, 1.807) is 7.11 Å². The van der Waals surface area contributed by atoms with E-state index in [0.29, 0.717) is 0 Å². The van der Waals surface area contributed by atoms with E-state index in [4.69, 9.17) is 9.47 Å². The van der Waals surface area contributed by atoms with Gasteiger partial charge in [-0.25, -0.2) is 0 Å². The largest absolute Gasteiger partial charge is 0.497 e. The van der Waals surface area contributed by atoms with Crippen LogP contribution in [-0.2, 0) is 11.2 Å². The van der Waals surface area contributed by atoms with Crippen molar-refractivity contribution < 1.29 is 9.47 Å². The zero-order chi connectivity index (χ0) is 9.97. The molecule has 2 nitrogen and oxygen atoms in total. The van der Waals surface area contributed by atoms with Gasteiger partial charge in [0, 0.05) is 5.33 Å². The molecule has 0 aliphatic carbocycles. The highest BCUT2D eigenvalue weighted by Gasteiger charge is 2.19. The van der Waals surface area contributed by atoms with Crippen molar-refractivity contribution in [2.75, 3.05) is 19.0 Å². The van der Waals surface area contributed by atoms with Crippen LogP contribution in [0.25, 0.3) is 0 Å². The zero-order valence-electron chi connectivity index (χ0n) is 8.13. The molecule has 0 bridgehead atoms. The highest BCUT2D eigenvalue weighted by atomic mass is 79.9. The zero-order valence-corrected chi connectivity index (χ0v) is 9.71.